The van der Waals surface area contributed by atoms with Crippen LogP contribution >= 0.6 is 0 Å². The molecule has 0 saturated carbocycles. The van der Waals surface area contributed by atoms with E-state index in [-0.39, 0.29) is 23.4 Å². The number of nitrogens with zero attached hydrogens (tertiary/aromatic N) is 1. The first-order chi connectivity index (χ1) is 16.2. The Balaban J connectivity index is 1.90. The zero-order chi connectivity index (χ0) is 24.7. The highest BCUT2D eigenvalue weighted by atomic mass is 32.2. The van der Waals surface area contributed by atoms with Crippen molar-refractivity contribution in [1.82, 2.24) is 5.32 Å². The molecule has 0 saturated heterocycles. The summed E-state index contributed by atoms with van der Waals surface area (Å²) in [4.78, 5) is 13.2. The summed E-state index contributed by atoms with van der Waals surface area (Å²) in [7, 11) is -3.97. The summed E-state index contributed by atoms with van der Waals surface area (Å²) < 4.78 is 33.8. The molecule has 1 amide bonds. The van der Waals surface area contributed by atoms with E-state index in [1.54, 1.807) is 48.5 Å². The number of carbonyl (C=O) groups excluding carboxylic acids is 1. The molecule has 0 radical (unpaired) electrons. The van der Waals surface area contributed by atoms with Crippen molar-refractivity contribution < 1.29 is 17.9 Å². The van der Waals surface area contributed by atoms with E-state index in [0.717, 1.165) is 21.0 Å². The lowest BCUT2D eigenvalue weighted by atomic mass is 10.0. The molecule has 3 aromatic carbocycles. The Bertz CT molecular complexity index is 1190. The third kappa shape index (κ3) is 6.17. The molecular weight excluding hydrogens is 448 g/mol. The van der Waals surface area contributed by atoms with Gasteiger partial charge >= 0.3 is 0 Å². The molecule has 0 fully saturated rings. The lowest BCUT2D eigenvalue weighted by Crippen LogP contribution is -2.42. The van der Waals surface area contributed by atoms with E-state index < -0.39 is 10.0 Å². The topological polar surface area (TPSA) is 75.7 Å². The number of amides is 1. The van der Waals surface area contributed by atoms with Gasteiger partial charge in [-0.15, -0.1) is 0 Å². The van der Waals surface area contributed by atoms with Crippen LogP contribution in [0.4, 0.5) is 5.69 Å². The van der Waals surface area contributed by atoms with Crippen LogP contribution in [-0.4, -0.2) is 27.5 Å². The average molecular weight is 481 g/mol. The van der Waals surface area contributed by atoms with Gasteiger partial charge in [0.05, 0.1) is 23.2 Å². The van der Waals surface area contributed by atoms with E-state index in [9.17, 15) is 13.2 Å². The Morgan fingerprint density at radius 2 is 1.44 bits per heavy atom. The number of rotatable bonds is 10. The Kier molecular flexibility index (Phi) is 8.34. The number of benzene rings is 3. The van der Waals surface area contributed by atoms with Crippen molar-refractivity contribution in [3.05, 3.63) is 89.5 Å². The summed E-state index contributed by atoms with van der Waals surface area (Å²) in [6, 6.07) is 21.1. The molecule has 0 spiro atoms. The van der Waals surface area contributed by atoms with Crippen LogP contribution in [0.1, 0.15) is 43.0 Å². The normalized spacial score (nSPS) is 12.1. The number of aryl methyl sites for hydroxylation is 2. The van der Waals surface area contributed by atoms with Crippen LogP contribution in [0.2, 0.25) is 0 Å². The van der Waals surface area contributed by atoms with Gasteiger partial charge in [0.25, 0.3) is 10.0 Å². The molecule has 0 bridgehead atoms. The molecule has 0 unspecified atom stereocenters. The number of hydrogen-bond acceptors (Lipinski definition) is 4. The van der Waals surface area contributed by atoms with Crippen LogP contribution in [0.5, 0.6) is 5.75 Å². The quantitative estimate of drug-likeness (QED) is 0.435. The molecule has 0 heterocycles. The Labute approximate surface area is 202 Å². The maximum atomic E-state index is 13.6. The predicted octanol–water partition coefficient (Wildman–Crippen LogP) is 5.16. The second kappa shape index (κ2) is 11.2. The number of sulfonamides is 1. The van der Waals surface area contributed by atoms with Crippen molar-refractivity contribution in [1.29, 1.82) is 0 Å². The van der Waals surface area contributed by atoms with E-state index in [0.29, 0.717) is 24.5 Å². The fraction of sp³-hybridized carbons (Fsp3) is 0.296. The van der Waals surface area contributed by atoms with Gasteiger partial charge in [0.15, 0.2) is 0 Å². The van der Waals surface area contributed by atoms with Crippen LogP contribution < -0.4 is 14.4 Å². The summed E-state index contributed by atoms with van der Waals surface area (Å²) in [6.07, 6.45) is 0.683. The van der Waals surface area contributed by atoms with Gasteiger partial charge in [-0.2, -0.15) is 0 Å². The van der Waals surface area contributed by atoms with Gasteiger partial charge in [0.2, 0.25) is 5.91 Å². The highest BCUT2D eigenvalue weighted by Gasteiger charge is 2.28. The molecule has 3 rings (SSSR count). The fourth-order valence-corrected chi connectivity index (χ4v) is 5.04. The number of ether oxygens (including phenoxy) is 1. The van der Waals surface area contributed by atoms with Crippen molar-refractivity contribution >= 4 is 21.6 Å². The second-order valence-electron chi connectivity index (χ2n) is 8.19. The first-order valence-electron chi connectivity index (χ1n) is 11.4. The summed E-state index contributed by atoms with van der Waals surface area (Å²) in [6.45, 7) is 7.93. The number of carbonyl (C=O) groups is 1. The zero-order valence-corrected chi connectivity index (χ0v) is 20.9. The zero-order valence-electron chi connectivity index (χ0n) is 20.1. The average Bonchev–Trinajstić information content (AvgIpc) is 2.83. The van der Waals surface area contributed by atoms with Crippen molar-refractivity contribution in [2.24, 2.45) is 0 Å². The number of anilines is 1. The first kappa shape index (κ1) is 25.3. The van der Waals surface area contributed by atoms with Crippen LogP contribution in [0, 0.1) is 13.8 Å². The van der Waals surface area contributed by atoms with Gasteiger partial charge in [-0.1, -0.05) is 54.4 Å². The molecule has 1 atom stereocenters. The minimum Gasteiger partial charge on any atom is -0.494 e. The number of hydrogen-bond donors (Lipinski definition) is 1. The van der Waals surface area contributed by atoms with E-state index in [4.69, 9.17) is 4.74 Å². The summed E-state index contributed by atoms with van der Waals surface area (Å²) >= 11 is 0. The van der Waals surface area contributed by atoms with E-state index >= 15 is 0 Å². The molecule has 0 aliphatic rings. The van der Waals surface area contributed by atoms with E-state index in [1.165, 1.54) is 0 Å². The third-order valence-electron chi connectivity index (χ3n) is 5.56. The largest absolute Gasteiger partial charge is 0.494 e. The van der Waals surface area contributed by atoms with Crippen molar-refractivity contribution in [2.75, 3.05) is 17.5 Å². The van der Waals surface area contributed by atoms with Crippen LogP contribution in [0.15, 0.2) is 77.7 Å². The van der Waals surface area contributed by atoms with Crippen LogP contribution in [-0.2, 0) is 14.8 Å². The number of nitrogens with one attached hydrogen (secondary N) is 1. The summed E-state index contributed by atoms with van der Waals surface area (Å²) in [5.41, 5.74) is 3.46. The highest BCUT2D eigenvalue weighted by Crippen LogP contribution is 2.26. The molecule has 7 heteroatoms. The van der Waals surface area contributed by atoms with Crippen molar-refractivity contribution in [3.8, 4) is 5.75 Å². The monoisotopic (exact) mass is 480 g/mol. The fourth-order valence-electron chi connectivity index (χ4n) is 3.62. The van der Waals surface area contributed by atoms with Gasteiger partial charge in [0, 0.05) is 0 Å². The van der Waals surface area contributed by atoms with Gasteiger partial charge < -0.3 is 10.1 Å². The van der Waals surface area contributed by atoms with Crippen LogP contribution in [0.25, 0.3) is 0 Å². The van der Waals surface area contributed by atoms with E-state index in [2.05, 4.69) is 5.32 Å². The lowest BCUT2D eigenvalue weighted by Gasteiger charge is -2.26. The van der Waals surface area contributed by atoms with E-state index in [1.807, 2.05) is 52.0 Å². The molecule has 0 aliphatic heterocycles. The van der Waals surface area contributed by atoms with Gasteiger partial charge in [0.1, 0.15) is 12.3 Å². The van der Waals surface area contributed by atoms with Gasteiger partial charge in [-0.05, 0) is 69.2 Å². The molecule has 0 aromatic heterocycles. The maximum absolute atomic E-state index is 13.6. The molecule has 3 aromatic rings. The Hall–Kier alpha value is -3.32. The predicted molar refractivity (Wildman–Crippen MR) is 136 cm³/mol. The lowest BCUT2D eigenvalue weighted by molar-refractivity contribution is -0.120. The second-order valence-corrected chi connectivity index (χ2v) is 10.1. The minimum atomic E-state index is -3.97. The smallest absolute Gasteiger partial charge is 0.264 e. The highest BCUT2D eigenvalue weighted by molar-refractivity contribution is 7.92. The molecule has 1 N–H and O–H groups in total. The maximum Gasteiger partial charge on any atom is 0.264 e. The van der Waals surface area contributed by atoms with Gasteiger partial charge in [-0.25, -0.2) is 8.42 Å². The molecular formula is C27H32N2O4S. The molecule has 0 aliphatic carbocycles. The SMILES string of the molecule is CCOc1ccc(N(CC(=O)N[C@@H](CC)c2ccc(C)cc2)S(=O)(=O)c2ccc(C)cc2)cc1. The molecule has 6 nitrogen and oxygen atoms in total. The van der Waals surface area contributed by atoms with Crippen molar-refractivity contribution in [3.63, 3.8) is 0 Å². The molecule has 34 heavy (non-hydrogen) atoms. The summed E-state index contributed by atoms with van der Waals surface area (Å²) in [5, 5.41) is 3.00. The molecule has 180 valence electrons. The summed E-state index contributed by atoms with van der Waals surface area (Å²) in [5.74, 6) is 0.255. The standard InChI is InChI=1S/C27H32N2O4S/c1-5-26(22-11-7-20(3)8-12-22)28-27(30)19-29(23-13-15-24(16-14-23)33-6-2)34(31,32)25-17-9-21(4)10-18-25/h7-18,26H,5-6,19H2,1-4H3,(H,28,30)/t26-/m0/s1. The first-order valence-corrected chi connectivity index (χ1v) is 12.9. The third-order valence-corrected chi connectivity index (χ3v) is 7.34. The van der Waals surface area contributed by atoms with Crippen molar-refractivity contribution in [2.45, 2.75) is 45.1 Å². The van der Waals surface area contributed by atoms with Gasteiger partial charge in [-0.3, -0.25) is 9.10 Å². The Morgan fingerprint density at radius 3 is 1.97 bits per heavy atom. The Morgan fingerprint density at radius 1 is 0.882 bits per heavy atom. The van der Waals surface area contributed by atoms with Crippen LogP contribution in [0.3, 0.4) is 0 Å². The minimum absolute atomic E-state index is 0.130.